The summed E-state index contributed by atoms with van der Waals surface area (Å²) in [5, 5.41) is 15.0. The molecule has 0 saturated heterocycles. The maximum Gasteiger partial charge on any atom is 0.174 e. The third kappa shape index (κ3) is 6.46. The molecule has 0 saturated carbocycles. The van der Waals surface area contributed by atoms with Crippen molar-refractivity contribution in [2.45, 2.75) is 26.9 Å². The normalized spacial score (nSPS) is 10.4. The zero-order valence-corrected chi connectivity index (χ0v) is 20.0. The molecule has 0 aliphatic rings. The second-order valence-corrected chi connectivity index (χ2v) is 8.22. The third-order valence-electron chi connectivity index (χ3n) is 5.14. The molecule has 0 aromatic heterocycles. The number of carboxylic acid groups (broad SMARTS) is 1. The van der Waals surface area contributed by atoms with Gasteiger partial charge in [0.15, 0.2) is 16.6 Å². The number of thiocarbonyl (C=S) groups is 1. The summed E-state index contributed by atoms with van der Waals surface area (Å²) < 4.78 is 10.8. The zero-order valence-electron chi connectivity index (χ0n) is 19.2. The molecule has 0 unspecified atom stereocenters. The zero-order chi connectivity index (χ0) is 24.0. The number of methoxy groups -OCH3 is 2. The van der Waals surface area contributed by atoms with Crippen LogP contribution < -0.4 is 19.9 Å². The Morgan fingerprint density at radius 2 is 1.45 bits per heavy atom. The van der Waals surface area contributed by atoms with Gasteiger partial charge in [0, 0.05) is 18.8 Å². The smallest absolute Gasteiger partial charge is 0.174 e. The lowest BCUT2D eigenvalue weighted by Crippen LogP contribution is -2.34. The molecule has 0 aliphatic heterocycles. The fourth-order valence-electron chi connectivity index (χ4n) is 3.61. The third-order valence-corrected chi connectivity index (χ3v) is 5.50. The largest absolute Gasteiger partial charge is 0.545 e. The summed E-state index contributed by atoms with van der Waals surface area (Å²) in [6.45, 7) is 5.08. The molecule has 172 valence electrons. The fourth-order valence-corrected chi connectivity index (χ4v) is 3.86. The molecule has 0 radical (unpaired) electrons. The van der Waals surface area contributed by atoms with Gasteiger partial charge < -0.3 is 29.6 Å². The molecule has 3 rings (SSSR count). The minimum atomic E-state index is -1.20. The molecular weight excluding hydrogens is 436 g/mol. The van der Waals surface area contributed by atoms with Crippen LogP contribution in [0.4, 0.5) is 5.69 Å². The molecule has 33 heavy (non-hydrogen) atoms. The average Bonchev–Trinajstić information content (AvgIpc) is 2.78. The van der Waals surface area contributed by atoms with Crippen molar-refractivity contribution in [3.63, 3.8) is 0 Å². The van der Waals surface area contributed by atoms with Gasteiger partial charge in [0.25, 0.3) is 0 Å². The Balaban J connectivity index is 1.87. The molecule has 3 aromatic rings. The Kier molecular flexibility index (Phi) is 7.90. The summed E-state index contributed by atoms with van der Waals surface area (Å²) in [4.78, 5) is 13.1. The van der Waals surface area contributed by atoms with E-state index in [2.05, 4.69) is 11.4 Å². The molecule has 0 amide bonds. The quantitative estimate of drug-likeness (QED) is 0.505. The fraction of sp³-hybridized carbons (Fsp3) is 0.231. The minimum absolute atomic E-state index is 0.140. The maximum absolute atomic E-state index is 11.1. The van der Waals surface area contributed by atoms with Crippen LogP contribution in [-0.2, 0) is 13.1 Å². The number of anilines is 1. The van der Waals surface area contributed by atoms with E-state index in [0.717, 1.165) is 27.9 Å². The Morgan fingerprint density at radius 1 is 0.879 bits per heavy atom. The van der Waals surface area contributed by atoms with Gasteiger partial charge in [-0.25, -0.2) is 0 Å². The predicted molar refractivity (Wildman–Crippen MR) is 132 cm³/mol. The molecule has 3 aromatic carbocycles. The monoisotopic (exact) mass is 463 g/mol. The number of aryl methyl sites for hydroxylation is 2. The van der Waals surface area contributed by atoms with E-state index in [0.29, 0.717) is 29.7 Å². The van der Waals surface area contributed by atoms with Gasteiger partial charge in [-0.1, -0.05) is 36.4 Å². The van der Waals surface area contributed by atoms with Crippen molar-refractivity contribution in [3.05, 3.63) is 88.5 Å². The molecule has 0 fully saturated rings. The van der Waals surface area contributed by atoms with Crippen molar-refractivity contribution in [2.24, 2.45) is 0 Å². The topological polar surface area (TPSA) is 73.9 Å². The number of carbonyl (C=O) groups is 1. The first-order valence-corrected chi connectivity index (χ1v) is 10.8. The van der Waals surface area contributed by atoms with Crippen LogP contribution in [0.2, 0.25) is 0 Å². The SMILES string of the molecule is COc1ccc(CN(Cc2ccc(C(=O)[O-])cc2)C(=S)Nc2cc(C)cc(C)c2)cc1OC. The van der Waals surface area contributed by atoms with Crippen LogP contribution in [0.15, 0.2) is 60.7 Å². The predicted octanol–water partition coefficient (Wildman–Crippen LogP) is 4.08. The Hall–Kier alpha value is -3.58. The highest BCUT2D eigenvalue weighted by atomic mass is 32.1. The lowest BCUT2D eigenvalue weighted by molar-refractivity contribution is -0.255. The lowest BCUT2D eigenvalue weighted by Gasteiger charge is -2.27. The maximum atomic E-state index is 11.1. The number of aromatic carboxylic acids is 1. The van der Waals surface area contributed by atoms with Crippen LogP contribution in [0.3, 0.4) is 0 Å². The van der Waals surface area contributed by atoms with E-state index in [-0.39, 0.29) is 5.56 Å². The molecule has 0 heterocycles. The van der Waals surface area contributed by atoms with E-state index >= 15 is 0 Å². The van der Waals surface area contributed by atoms with Crippen LogP contribution in [0, 0.1) is 13.8 Å². The summed E-state index contributed by atoms with van der Waals surface area (Å²) in [6.07, 6.45) is 0. The van der Waals surface area contributed by atoms with Crippen molar-refractivity contribution >= 4 is 29.0 Å². The van der Waals surface area contributed by atoms with E-state index in [1.165, 1.54) is 0 Å². The Labute approximate surface area is 199 Å². The highest BCUT2D eigenvalue weighted by Gasteiger charge is 2.14. The van der Waals surface area contributed by atoms with Crippen molar-refractivity contribution < 1.29 is 19.4 Å². The molecular formula is C26H27N2O4S-. The summed E-state index contributed by atoms with van der Waals surface area (Å²) >= 11 is 5.77. The van der Waals surface area contributed by atoms with Gasteiger partial charge in [-0.05, 0) is 78.1 Å². The Bertz CT molecular complexity index is 1130. The second-order valence-electron chi connectivity index (χ2n) is 7.84. The molecule has 0 atom stereocenters. The van der Waals surface area contributed by atoms with E-state index in [1.54, 1.807) is 38.5 Å². The van der Waals surface area contributed by atoms with Crippen molar-refractivity contribution in [1.82, 2.24) is 4.90 Å². The van der Waals surface area contributed by atoms with Crippen molar-refractivity contribution in [3.8, 4) is 11.5 Å². The van der Waals surface area contributed by atoms with Gasteiger partial charge in [-0.3, -0.25) is 0 Å². The number of rotatable bonds is 8. The van der Waals surface area contributed by atoms with Crippen molar-refractivity contribution in [2.75, 3.05) is 19.5 Å². The van der Waals surface area contributed by atoms with Gasteiger partial charge in [0.1, 0.15) is 0 Å². The summed E-state index contributed by atoms with van der Waals surface area (Å²) in [6, 6.07) is 18.6. The number of hydrogen-bond donors (Lipinski definition) is 1. The molecule has 6 nitrogen and oxygen atoms in total. The van der Waals surface area contributed by atoms with Crippen molar-refractivity contribution in [1.29, 1.82) is 0 Å². The molecule has 0 bridgehead atoms. The number of benzene rings is 3. The molecule has 0 spiro atoms. The van der Waals surface area contributed by atoms with Crippen LogP contribution in [0.5, 0.6) is 11.5 Å². The standard InChI is InChI=1S/C26H28N2O4S/c1-17-11-18(2)13-22(12-17)27-26(33)28(15-19-5-8-21(9-6-19)25(29)30)16-20-7-10-23(31-3)24(14-20)32-4/h5-14H,15-16H2,1-4H3,(H,27,33)(H,29,30)/p-1. The minimum Gasteiger partial charge on any atom is -0.545 e. The molecule has 1 N–H and O–H groups in total. The van der Waals surface area contributed by atoms with Gasteiger partial charge in [0.05, 0.1) is 20.2 Å². The lowest BCUT2D eigenvalue weighted by atomic mass is 10.1. The van der Waals surface area contributed by atoms with Gasteiger partial charge in [-0.15, -0.1) is 0 Å². The van der Waals surface area contributed by atoms with E-state index in [4.69, 9.17) is 21.7 Å². The van der Waals surface area contributed by atoms with Crippen LogP contribution in [0.1, 0.15) is 32.6 Å². The van der Waals surface area contributed by atoms with Gasteiger partial charge in [0.2, 0.25) is 0 Å². The number of carbonyl (C=O) groups excluding carboxylic acids is 1. The number of nitrogens with one attached hydrogen (secondary N) is 1. The summed E-state index contributed by atoms with van der Waals surface area (Å²) in [5.74, 6) is 0.0961. The van der Waals surface area contributed by atoms with Crippen LogP contribution in [0.25, 0.3) is 0 Å². The highest BCUT2D eigenvalue weighted by Crippen LogP contribution is 2.28. The van der Waals surface area contributed by atoms with E-state index in [9.17, 15) is 9.90 Å². The Morgan fingerprint density at radius 3 is 2.03 bits per heavy atom. The van der Waals surface area contributed by atoms with Crippen LogP contribution in [-0.4, -0.2) is 30.2 Å². The molecule has 0 aliphatic carbocycles. The first-order chi connectivity index (χ1) is 15.8. The summed E-state index contributed by atoms with van der Waals surface area (Å²) in [5.41, 5.74) is 5.26. The highest BCUT2D eigenvalue weighted by molar-refractivity contribution is 7.80. The van der Waals surface area contributed by atoms with Gasteiger partial charge in [-0.2, -0.15) is 0 Å². The first-order valence-electron chi connectivity index (χ1n) is 10.4. The number of carboxylic acids is 1. The number of nitrogens with zero attached hydrogens (tertiary/aromatic N) is 1. The number of hydrogen-bond acceptors (Lipinski definition) is 5. The first kappa shape index (κ1) is 24.1. The van der Waals surface area contributed by atoms with E-state index in [1.807, 2.05) is 49.1 Å². The average molecular weight is 464 g/mol. The van der Waals surface area contributed by atoms with Gasteiger partial charge >= 0.3 is 0 Å². The van der Waals surface area contributed by atoms with Crippen LogP contribution >= 0.6 is 12.2 Å². The number of ether oxygens (including phenoxy) is 2. The second kappa shape index (κ2) is 10.8. The summed E-state index contributed by atoms with van der Waals surface area (Å²) in [7, 11) is 3.20. The molecule has 7 heteroatoms. The van der Waals surface area contributed by atoms with E-state index < -0.39 is 5.97 Å².